The van der Waals surface area contributed by atoms with Crippen molar-refractivity contribution in [3.63, 3.8) is 0 Å². The smallest absolute Gasteiger partial charge is 0.394 e. The van der Waals surface area contributed by atoms with Gasteiger partial charge in [0.25, 0.3) is 5.91 Å². The second kappa shape index (κ2) is 9.86. The number of halogens is 3. The summed E-state index contributed by atoms with van der Waals surface area (Å²) in [5.41, 5.74) is -1.46. The van der Waals surface area contributed by atoms with Crippen molar-refractivity contribution >= 4 is 29.5 Å². The van der Waals surface area contributed by atoms with Crippen molar-refractivity contribution in [1.82, 2.24) is 24.5 Å². The average Bonchev–Trinajstić information content (AvgIpc) is 3.47. The van der Waals surface area contributed by atoms with Crippen LogP contribution in [0.1, 0.15) is 56.3 Å². The van der Waals surface area contributed by atoms with Crippen LogP contribution in [0.5, 0.6) is 5.88 Å². The third-order valence-electron chi connectivity index (χ3n) is 8.02. The largest absolute Gasteiger partial charge is 0.477 e. The van der Waals surface area contributed by atoms with Crippen LogP contribution in [-0.4, -0.2) is 56.6 Å². The maximum Gasteiger partial charge on any atom is 0.394 e. The van der Waals surface area contributed by atoms with E-state index in [1.165, 1.54) is 4.68 Å². The number of alkyl halides is 3. The number of anilines is 2. The Kier molecular flexibility index (Phi) is 6.59. The number of ether oxygens (including phenoxy) is 1. The van der Waals surface area contributed by atoms with Gasteiger partial charge in [-0.3, -0.25) is 9.52 Å². The summed E-state index contributed by atoms with van der Waals surface area (Å²) < 4.78 is 49.7. The number of hydrogen-bond donors (Lipinski definition) is 2. The fourth-order valence-corrected chi connectivity index (χ4v) is 6.08. The summed E-state index contributed by atoms with van der Waals surface area (Å²) in [6, 6.07) is 10.7. The Bertz CT molecular complexity index is 1420. The number of rotatable bonds is 5. The van der Waals surface area contributed by atoms with Crippen LogP contribution in [0.15, 0.2) is 47.6 Å². The molecule has 0 radical (unpaired) electrons. The van der Waals surface area contributed by atoms with Gasteiger partial charge in [-0.25, -0.2) is 14.6 Å². The molecule has 1 saturated heterocycles. The fraction of sp³-hybridized carbons (Fsp3) is 0.481. The number of carbonyl (C=O) groups excluding carboxylic acids is 1. The number of hydrogen-bond acceptors (Lipinski definition) is 8. The first-order valence-electron chi connectivity index (χ1n) is 13.3. The van der Waals surface area contributed by atoms with Crippen molar-refractivity contribution in [2.75, 3.05) is 23.4 Å². The topological polar surface area (TPSA) is 97.2 Å². The Labute approximate surface area is 234 Å². The minimum atomic E-state index is -4.21. The van der Waals surface area contributed by atoms with Crippen molar-refractivity contribution in [1.29, 1.82) is 0 Å². The monoisotopic (exact) mass is 573 g/mol. The number of carbonyl (C=O) groups is 1. The zero-order valence-electron chi connectivity index (χ0n) is 22.2. The zero-order chi connectivity index (χ0) is 28.1. The molecule has 3 aliphatic rings. The summed E-state index contributed by atoms with van der Waals surface area (Å²) in [4.78, 5) is 25.1. The summed E-state index contributed by atoms with van der Waals surface area (Å²) in [5.74, 6) is 1.68. The van der Waals surface area contributed by atoms with Gasteiger partial charge in [0.15, 0.2) is 5.82 Å². The van der Waals surface area contributed by atoms with Gasteiger partial charge in [-0.1, -0.05) is 6.07 Å². The van der Waals surface area contributed by atoms with E-state index in [1.54, 1.807) is 24.4 Å². The molecular formula is C27H30F3N7O2S. The fourth-order valence-electron chi connectivity index (χ4n) is 5.48. The molecular weight excluding hydrogens is 543 g/mol. The molecule has 3 aromatic rings. The van der Waals surface area contributed by atoms with Crippen LogP contribution in [0.3, 0.4) is 0 Å². The molecule has 2 N–H and O–H groups in total. The minimum absolute atomic E-state index is 0.0572. The van der Waals surface area contributed by atoms with Gasteiger partial charge < -0.3 is 15.0 Å². The van der Waals surface area contributed by atoms with Crippen molar-refractivity contribution in [3.8, 4) is 11.7 Å². The summed E-state index contributed by atoms with van der Waals surface area (Å²) in [6.45, 7) is 4.82. The molecule has 1 aliphatic carbocycles. The molecule has 9 nitrogen and oxygen atoms in total. The van der Waals surface area contributed by atoms with Crippen molar-refractivity contribution < 1.29 is 22.7 Å². The summed E-state index contributed by atoms with van der Waals surface area (Å²) >= 11 is 1.14. The molecule has 2 bridgehead atoms. The molecule has 212 valence electrons. The highest BCUT2D eigenvalue weighted by atomic mass is 32.2. The summed E-state index contributed by atoms with van der Waals surface area (Å²) in [6.07, 6.45) is -0.549. The Hall–Kier alpha value is -3.48. The molecule has 0 spiro atoms. The summed E-state index contributed by atoms with van der Waals surface area (Å²) in [7, 11) is 0. The standard InChI is InChI=1S/C27H30F3N7O2S/c1-25(2)10-8-17-16-31-19-4-3-5-22(32-19)40-35-24(38)18-6-7-20(33-23(18)37(17)25)36-14-9-21(34-36)39-15-13-26(11-12-26)27(28,29)30/h3-7,9,14,17H,8,10-13,15-16H2,1-2H3,(H,31,32)(H,35,38). The van der Waals surface area contributed by atoms with Crippen molar-refractivity contribution in [3.05, 3.63) is 48.2 Å². The van der Waals surface area contributed by atoms with Gasteiger partial charge in [0.2, 0.25) is 5.88 Å². The van der Waals surface area contributed by atoms with Gasteiger partial charge in [0.05, 0.1) is 17.6 Å². The zero-order valence-corrected chi connectivity index (χ0v) is 23.0. The molecule has 40 heavy (non-hydrogen) atoms. The molecule has 2 fully saturated rings. The third-order valence-corrected chi connectivity index (χ3v) is 8.74. The van der Waals surface area contributed by atoms with E-state index < -0.39 is 11.6 Å². The van der Waals surface area contributed by atoms with Gasteiger partial charge in [-0.2, -0.15) is 13.2 Å². The van der Waals surface area contributed by atoms with Gasteiger partial charge in [0, 0.05) is 42.3 Å². The first kappa shape index (κ1) is 26.7. The average molecular weight is 574 g/mol. The molecule has 6 rings (SSSR count). The molecule has 1 atom stereocenters. The van der Waals surface area contributed by atoms with Crippen LogP contribution >= 0.6 is 11.9 Å². The number of amides is 1. The van der Waals surface area contributed by atoms with E-state index in [2.05, 4.69) is 38.9 Å². The first-order valence-corrected chi connectivity index (χ1v) is 14.1. The Balaban J connectivity index is 1.28. The lowest BCUT2D eigenvalue weighted by Gasteiger charge is -2.38. The second-order valence-electron chi connectivity index (χ2n) is 11.2. The van der Waals surface area contributed by atoms with Crippen LogP contribution in [0.25, 0.3) is 5.82 Å². The number of fused-ring (bicyclic) bond motifs is 5. The molecule has 13 heteroatoms. The van der Waals surface area contributed by atoms with E-state index in [0.29, 0.717) is 28.8 Å². The van der Waals surface area contributed by atoms with Gasteiger partial charge in [-0.15, -0.1) is 5.10 Å². The number of pyridine rings is 2. The van der Waals surface area contributed by atoms with E-state index in [1.807, 2.05) is 18.2 Å². The second-order valence-corrected chi connectivity index (χ2v) is 12.0. The molecule has 5 heterocycles. The van der Waals surface area contributed by atoms with E-state index in [9.17, 15) is 18.0 Å². The van der Waals surface area contributed by atoms with Crippen LogP contribution in [-0.2, 0) is 0 Å². The predicted octanol–water partition coefficient (Wildman–Crippen LogP) is 5.38. The normalized spacial score (nSPS) is 21.3. The van der Waals surface area contributed by atoms with Gasteiger partial charge in [-0.05, 0) is 70.2 Å². The number of nitrogens with zero attached hydrogens (tertiary/aromatic N) is 5. The number of nitrogens with one attached hydrogen (secondary N) is 2. The highest BCUT2D eigenvalue weighted by Crippen LogP contribution is 2.59. The van der Waals surface area contributed by atoms with Crippen molar-refractivity contribution in [2.45, 2.75) is 68.7 Å². The Morgan fingerprint density at radius 2 is 1.95 bits per heavy atom. The van der Waals surface area contributed by atoms with Crippen molar-refractivity contribution in [2.24, 2.45) is 5.41 Å². The van der Waals surface area contributed by atoms with E-state index >= 15 is 0 Å². The quantitative estimate of drug-likeness (QED) is 0.393. The van der Waals surface area contributed by atoms with E-state index in [-0.39, 0.29) is 49.2 Å². The molecule has 1 unspecified atom stereocenters. The minimum Gasteiger partial charge on any atom is -0.477 e. The lowest BCUT2D eigenvalue weighted by molar-refractivity contribution is -0.190. The van der Waals surface area contributed by atoms with E-state index in [0.717, 1.165) is 30.6 Å². The van der Waals surface area contributed by atoms with Gasteiger partial charge >= 0.3 is 6.18 Å². The summed E-state index contributed by atoms with van der Waals surface area (Å²) in [5, 5.41) is 8.50. The maximum absolute atomic E-state index is 13.4. The molecule has 1 saturated carbocycles. The Morgan fingerprint density at radius 3 is 2.73 bits per heavy atom. The van der Waals surface area contributed by atoms with Gasteiger partial charge in [0.1, 0.15) is 16.7 Å². The number of aromatic nitrogens is 4. The Morgan fingerprint density at radius 1 is 1.12 bits per heavy atom. The molecule has 0 aromatic carbocycles. The lowest BCUT2D eigenvalue weighted by atomic mass is 10.0. The maximum atomic E-state index is 13.4. The SMILES string of the molecule is CC1(C)CCC2CNc3cccc(n3)SNC(=O)c3ccc(-n4ccc(OCCC5(C(F)(F)F)CC5)n4)nc3N21. The highest BCUT2D eigenvalue weighted by Gasteiger charge is 2.62. The molecule has 1 amide bonds. The van der Waals surface area contributed by atoms with Crippen LogP contribution in [0.2, 0.25) is 0 Å². The molecule has 3 aromatic heterocycles. The van der Waals surface area contributed by atoms with Crippen LogP contribution in [0, 0.1) is 5.41 Å². The highest BCUT2D eigenvalue weighted by molar-refractivity contribution is 7.97. The van der Waals surface area contributed by atoms with E-state index in [4.69, 9.17) is 9.72 Å². The predicted molar refractivity (Wildman–Crippen MR) is 145 cm³/mol. The lowest BCUT2D eigenvalue weighted by Crippen LogP contribution is -2.47. The van der Waals surface area contributed by atoms with Crippen LogP contribution in [0.4, 0.5) is 24.8 Å². The van der Waals surface area contributed by atoms with Crippen LogP contribution < -0.4 is 19.7 Å². The molecule has 2 aliphatic heterocycles. The first-order chi connectivity index (χ1) is 19.0. The third kappa shape index (κ3) is 5.06.